The molecule has 2 aliphatic rings. The molecule has 3 rings (SSSR count). The lowest BCUT2D eigenvalue weighted by Gasteiger charge is -2.22. The summed E-state index contributed by atoms with van der Waals surface area (Å²) in [6, 6.07) is 1.93. The van der Waals surface area contributed by atoms with Crippen LogP contribution in [0.5, 0.6) is 0 Å². The highest BCUT2D eigenvalue weighted by atomic mass is 32.2. The van der Waals surface area contributed by atoms with E-state index in [1.807, 2.05) is 0 Å². The summed E-state index contributed by atoms with van der Waals surface area (Å²) < 4.78 is 15.0. The lowest BCUT2D eigenvalue weighted by atomic mass is 9.96. The second-order valence-corrected chi connectivity index (χ2v) is 8.38. The third-order valence-corrected chi connectivity index (χ3v) is 5.48. The molecule has 10 nitrogen and oxygen atoms in total. The molecule has 146 valence electrons. The molecule has 3 N–H and O–H groups in total. The minimum atomic E-state index is -4.79. The Kier molecular flexibility index (Phi) is 6.28. The first-order chi connectivity index (χ1) is 12.8. The smallest absolute Gasteiger partial charge is 0.351 e. The van der Waals surface area contributed by atoms with Crippen LogP contribution in [0.3, 0.4) is 0 Å². The Morgan fingerprint density at radius 2 is 2.07 bits per heavy atom. The van der Waals surface area contributed by atoms with Gasteiger partial charge in [-0.2, -0.15) is 0 Å². The minimum Gasteiger partial charge on any atom is -0.351 e. The maximum Gasteiger partial charge on any atom is 0.471 e. The molecule has 1 aliphatic heterocycles. The summed E-state index contributed by atoms with van der Waals surface area (Å²) >= 11 is 0.653. The van der Waals surface area contributed by atoms with E-state index >= 15 is 0 Å². The van der Waals surface area contributed by atoms with Crippen LogP contribution in [0.1, 0.15) is 37.8 Å². The summed E-state index contributed by atoms with van der Waals surface area (Å²) in [5.41, 5.74) is 0.449. The highest BCUT2D eigenvalue weighted by molar-refractivity contribution is 8.18. The summed E-state index contributed by atoms with van der Waals surface area (Å²) in [6.07, 6.45) is 8.70. The Balaban J connectivity index is 1.69. The van der Waals surface area contributed by atoms with E-state index in [9.17, 15) is 14.2 Å². The molecule has 2 amide bonds. The number of phosphoric acid groups is 1. The number of aromatic nitrogens is 2. The van der Waals surface area contributed by atoms with Gasteiger partial charge < -0.3 is 15.1 Å². The number of thioether (sulfide) groups is 1. The van der Waals surface area contributed by atoms with Crippen LogP contribution >= 0.6 is 19.6 Å². The highest BCUT2D eigenvalue weighted by Crippen LogP contribution is 2.38. The van der Waals surface area contributed by atoms with Crippen LogP contribution in [0.4, 0.5) is 10.7 Å². The molecule has 0 aromatic carbocycles. The molecule has 0 atom stereocenters. The van der Waals surface area contributed by atoms with E-state index in [2.05, 4.69) is 19.8 Å². The van der Waals surface area contributed by atoms with Gasteiger partial charge in [0.2, 0.25) is 5.95 Å². The fourth-order valence-corrected chi connectivity index (χ4v) is 3.91. The number of phosphoric ester groups is 1. The molecule has 2 fully saturated rings. The molecule has 1 saturated heterocycles. The predicted molar refractivity (Wildman–Crippen MR) is 98.3 cm³/mol. The van der Waals surface area contributed by atoms with Gasteiger partial charge in [-0.25, -0.2) is 19.4 Å². The van der Waals surface area contributed by atoms with Gasteiger partial charge in [0.1, 0.15) is 6.73 Å². The third-order valence-electron chi connectivity index (χ3n) is 4.12. The number of hydrogen-bond donors (Lipinski definition) is 3. The number of anilines is 1. The van der Waals surface area contributed by atoms with Crippen LogP contribution in [0, 0.1) is 0 Å². The van der Waals surface area contributed by atoms with Crippen LogP contribution in [0.15, 0.2) is 17.2 Å². The van der Waals surface area contributed by atoms with Gasteiger partial charge in [0.25, 0.3) is 11.1 Å². The predicted octanol–water partition coefficient (Wildman–Crippen LogP) is 2.32. The Morgan fingerprint density at radius 1 is 1.33 bits per heavy atom. The van der Waals surface area contributed by atoms with Crippen molar-refractivity contribution in [2.24, 2.45) is 0 Å². The molecule has 12 heteroatoms. The first-order valence-corrected chi connectivity index (χ1v) is 10.7. The number of amides is 2. The monoisotopic (exact) mass is 414 g/mol. The molecule has 1 saturated carbocycles. The van der Waals surface area contributed by atoms with Crippen LogP contribution in [-0.2, 0) is 13.9 Å². The van der Waals surface area contributed by atoms with Crippen molar-refractivity contribution >= 4 is 42.8 Å². The fourth-order valence-electron chi connectivity index (χ4n) is 2.83. The highest BCUT2D eigenvalue weighted by Gasteiger charge is 2.36. The second-order valence-electron chi connectivity index (χ2n) is 6.14. The lowest BCUT2D eigenvalue weighted by Crippen LogP contribution is -2.30. The average molecular weight is 414 g/mol. The summed E-state index contributed by atoms with van der Waals surface area (Å²) in [4.78, 5) is 50.8. The Bertz CT molecular complexity index is 807. The number of rotatable bonds is 6. The number of hydrogen-bond acceptors (Lipinski definition) is 8. The number of imide groups is 1. The van der Waals surface area contributed by atoms with E-state index in [0.717, 1.165) is 12.8 Å². The maximum absolute atomic E-state index is 12.3. The van der Waals surface area contributed by atoms with Crippen LogP contribution < -0.4 is 5.32 Å². The molecule has 0 radical (unpaired) electrons. The van der Waals surface area contributed by atoms with Crippen LogP contribution in [-0.4, -0.2) is 48.6 Å². The normalized spacial score (nSPS) is 20.5. The minimum absolute atomic E-state index is 0.0941. The third kappa shape index (κ3) is 5.60. The summed E-state index contributed by atoms with van der Waals surface area (Å²) in [6.45, 7) is -0.815. The molecule has 0 spiro atoms. The van der Waals surface area contributed by atoms with Crippen molar-refractivity contribution in [1.29, 1.82) is 0 Å². The van der Waals surface area contributed by atoms with Gasteiger partial charge in [-0.15, -0.1) is 0 Å². The molecule has 0 unspecified atom stereocenters. The summed E-state index contributed by atoms with van der Waals surface area (Å²) in [5.74, 6) is -0.237. The van der Waals surface area contributed by atoms with E-state index in [4.69, 9.17) is 9.79 Å². The zero-order valence-electron chi connectivity index (χ0n) is 14.3. The second kappa shape index (κ2) is 8.49. The molecular weight excluding hydrogens is 395 g/mol. The molecule has 1 aromatic rings. The van der Waals surface area contributed by atoms with E-state index in [-0.39, 0.29) is 4.91 Å². The van der Waals surface area contributed by atoms with E-state index in [1.54, 1.807) is 12.3 Å². The summed E-state index contributed by atoms with van der Waals surface area (Å²) in [7, 11) is -4.79. The average Bonchev–Trinajstić information content (AvgIpc) is 2.87. The topological polar surface area (TPSA) is 142 Å². The van der Waals surface area contributed by atoms with Crippen molar-refractivity contribution in [2.75, 3.05) is 12.0 Å². The van der Waals surface area contributed by atoms with Crippen molar-refractivity contribution in [3.63, 3.8) is 0 Å². The molecule has 27 heavy (non-hydrogen) atoms. The van der Waals surface area contributed by atoms with Gasteiger partial charge in [0.05, 0.1) is 10.6 Å². The van der Waals surface area contributed by atoms with E-state index in [1.165, 1.54) is 25.3 Å². The fraction of sp³-hybridized carbons (Fsp3) is 0.467. The van der Waals surface area contributed by atoms with Crippen molar-refractivity contribution in [3.05, 3.63) is 22.9 Å². The quantitative estimate of drug-likeness (QED) is 0.469. The first-order valence-electron chi connectivity index (χ1n) is 8.37. The number of carbonyl (C=O) groups excluding carboxylic acids is 2. The molecule has 0 bridgehead atoms. The van der Waals surface area contributed by atoms with Crippen molar-refractivity contribution < 1.29 is 28.5 Å². The Hall–Kier alpha value is -1.78. The van der Waals surface area contributed by atoms with Gasteiger partial charge in [-0.05, 0) is 36.7 Å². The zero-order valence-corrected chi connectivity index (χ0v) is 16.0. The van der Waals surface area contributed by atoms with Crippen molar-refractivity contribution in [1.82, 2.24) is 14.9 Å². The largest absolute Gasteiger partial charge is 0.471 e. The first kappa shape index (κ1) is 20.0. The lowest BCUT2D eigenvalue weighted by molar-refractivity contribution is -0.124. The Morgan fingerprint density at radius 3 is 2.78 bits per heavy atom. The summed E-state index contributed by atoms with van der Waals surface area (Å²) in [5, 5.41) is 2.61. The standard InChI is InChI=1S/C15H19N4O6PS/c20-13-12(27-15(21)19(13)9-25-26(22,23)24)8-11-6-7-16-14(18-11)17-10-4-2-1-3-5-10/h6-8,10H,1-5,9H2,(H,16,17,18)(H2,22,23,24)/b12-8-. The molecular formula is C15H19N4O6PS. The van der Waals surface area contributed by atoms with E-state index in [0.29, 0.717) is 34.3 Å². The molecule has 2 heterocycles. The van der Waals surface area contributed by atoms with Crippen molar-refractivity contribution in [2.45, 2.75) is 38.1 Å². The van der Waals surface area contributed by atoms with Gasteiger partial charge in [0.15, 0.2) is 0 Å². The molecule has 1 aromatic heterocycles. The van der Waals surface area contributed by atoms with Gasteiger partial charge in [-0.3, -0.25) is 14.1 Å². The van der Waals surface area contributed by atoms with Gasteiger partial charge in [-0.1, -0.05) is 19.3 Å². The van der Waals surface area contributed by atoms with Gasteiger partial charge in [0, 0.05) is 12.2 Å². The zero-order chi connectivity index (χ0) is 19.4. The van der Waals surface area contributed by atoms with Crippen LogP contribution in [0.25, 0.3) is 6.08 Å². The van der Waals surface area contributed by atoms with Crippen LogP contribution in [0.2, 0.25) is 0 Å². The van der Waals surface area contributed by atoms with E-state index < -0.39 is 25.7 Å². The Labute approximate surface area is 159 Å². The van der Waals surface area contributed by atoms with Gasteiger partial charge >= 0.3 is 7.82 Å². The van der Waals surface area contributed by atoms with Crippen molar-refractivity contribution in [3.8, 4) is 0 Å². The number of nitrogens with one attached hydrogen (secondary N) is 1. The number of carbonyl (C=O) groups is 2. The maximum atomic E-state index is 12.3. The SMILES string of the molecule is O=C1S/C(=C\c2ccnc(NC3CCCCC3)n2)C(=O)N1COP(=O)(O)O. The number of nitrogens with zero attached hydrogens (tertiary/aromatic N) is 3. The molecule has 1 aliphatic carbocycles.